The minimum absolute atomic E-state index is 0. The van der Waals surface area contributed by atoms with Crippen molar-refractivity contribution in [3.8, 4) is 0 Å². The summed E-state index contributed by atoms with van der Waals surface area (Å²) in [6.07, 6.45) is 3.18. The van der Waals surface area contributed by atoms with Crippen LogP contribution in [0.2, 0.25) is 5.02 Å². The molecular weight excluding hydrogens is 494 g/mol. The summed E-state index contributed by atoms with van der Waals surface area (Å²) >= 11 is 6.09. The van der Waals surface area contributed by atoms with Gasteiger partial charge in [0.2, 0.25) is 0 Å². The molecule has 154 valence electrons. The van der Waals surface area contributed by atoms with Gasteiger partial charge < -0.3 is 10.6 Å². The van der Waals surface area contributed by atoms with E-state index in [2.05, 4.69) is 32.6 Å². The molecule has 0 saturated heterocycles. The molecule has 9 heteroatoms. The van der Waals surface area contributed by atoms with Crippen molar-refractivity contribution in [1.29, 1.82) is 0 Å². The fourth-order valence-electron chi connectivity index (χ4n) is 3.19. The lowest BCUT2D eigenvalue weighted by molar-refractivity contribution is 0.392. The summed E-state index contributed by atoms with van der Waals surface area (Å²) in [5.41, 5.74) is 0.510. The fourth-order valence-corrected chi connectivity index (χ4v) is 3.45. The largest absolute Gasteiger partial charge is 0.357 e. The lowest BCUT2D eigenvalue weighted by atomic mass is 10.1. The zero-order chi connectivity index (χ0) is 19.2. The molecule has 2 heterocycles. The van der Waals surface area contributed by atoms with E-state index < -0.39 is 0 Å². The van der Waals surface area contributed by atoms with Gasteiger partial charge in [-0.1, -0.05) is 24.6 Å². The van der Waals surface area contributed by atoms with Crippen molar-refractivity contribution < 1.29 is 4.39 Å². The number of fused-ring (bicyclic) bond motifs is 1. The van der Waals surface area contributed by atoms with Gasteiger partial charge in [-0.15, -0.1) is 24.0 Å². The molecule has 1 aliphatic heterocycles. The van der Waals surface area contributed by atoms with Gasteiger partial charge in [0.1, 0.15) is 11.6 Å². The molecular formula is C19H27ClFIN6. The molecule has 6 nitrogen and oxygen atoms in total. The van der Waals surface area contributed by atoms with Gasteiger partial charge in [-0.3, -0.25) is 4.99 Å². The van der Waals surface area contributed by atoms with Gasteiger partial charge >= 0.3 is 0 Å². The standard InChI is InChI=1S/C19H26ClFN6.HI/c1-3-17-25-18-9-8-13(12-27(18)26-17)24-19(22-4-2)23-11-10-14-15(20)6-5-7-16(14)21;/h5-7,13H,3-4,8-12H2,1-2H3,(H2,22,23,24);1H. The Balaban J connectivity index is 0.00000280. The van der Waals surface area contributed by atoms with Crippen molar-refractivity contribution in [3.63, 3.8) is 0 Å². The highest BCUT2D eigenvalue weighted by atomic mass is 127. The normalized spacial score (nSPS) is 16.3. The van der Waals surface area contributed by atoms with Crippen LogP contribution >= 0.6 is 35.6 Å². The Kier molecular flexibility index (Phi) is 8.94. The molecule has 28 heavy (non-hydrogen) atoms. The van der Waals surface area contributed by atoms with Gasteiger partial charge in [0.05, 0.1) is 6.54 Å². The van der Waals surface area contributed by atoms with E-state index in [9.17, 15) is 4.39 Å². The Hall–Kier alpha value is -1.42. The van der Waals surface area contributed by atoms with Crippen LogP contribution in [0, 0.1) is 5.82 Å². The summed E-state index contributed by atoms with van der Waals surface area (Å²) < 4.78 is 15.9. The molecule has 1 unspecified atom stereocenters. The van der Waals surface area contributed by atoms with E-state index >= 15 is 0 Å². The van der Waals surface area contributed by atoms with Crippen LogP contribution in [0.5, 0.6) is 0 Å². The van der Waals surface area contributed by atoms with Crippen LogP contribution in [0.15, 0.2) is 23.2 Å². The number of aryl methyl sites for hydroxylation is 2. The molecule has 0 saturated carbocycles. The number of hydrogen-bond donors (Lipinski definition) is 2. The first kappa shape index (κ1) is 22.9. The van der Waals surface area contributed by atoms with Gasteiger partial charge in [0, 0.05) is 42.6 Å². The molecule has 2 N–H and O–H groups in total. The molecule has 0 spiro atoms. The first-order valence-electron chi connectivity index (χ1n) is 9.51. The second-order valence-corrected chi connectivity index (χ2v) is 6.98. The van der Waals surface area contributed by atoms with Crippen molar-refractivity contribution in [2.75, 3.05) is 13.1 Å². The Bertz CT molecular complexity index is 789. The zero-order valence-electron chi connectivity index (χ0n) is 16.2. The lowest BCUT2D eigenvalue weighted by Crippen LogP contribution is -2.47. The molecule has 1 aromatic heterocycles. The molecule has 0 radical (unpaired) electrons. The number of guanidine groups is 1. The SMILES string of the molecule is CCNC(=NCCc1c(F)cccc1Cl)NC1CCc2nc(CC)nn2C1.I. The number of nitrogens with zero attached hydrogens (tertiary/aromatic N) is 4. The number of aromatic nitrogens is 3. The Morgan fingerprint density at radius 1 is 1.39 bits per heavy atom. The predicted molar refractivity (Wildman–Crippen MR) is 121 cm³/mol. The van der Waals surface area contributed by atoms with Crippen molar-refractivity contribution in [1.82, 2.24) is 25.4 Å². The summed E-state index contributed by atoms with van der Waals surface area (Å²) in [7, 11) is 0. The summed E-state index contributed by atoms with van der Waals surface area (Å²) in [5.74, 6) is 2.40. The number of hydrogen-bond acceptors (Lipinski definition) is 3. The molecule has 1 aromatic carbocycles. The molecule has 3 rings (SSSR count). The number of aliphatic imine (C=N–C) groups is 1. The zero-order valence-corrected chi connectivity index (χ0v) is 19.3. The highest BCUT2D eigenvalue weighted by molar-refractivity contribution is 14.0. The van der Waals surface area contributed by atoms with Crippen LogP contribution in [0.3, 0.4) is 0 Å². The van der Waals surface area contributed by atoms with E-state index in [1.54, 1.807) is 12.1 Å². The number of benzene rings is 1. The summed E-state index contributed by atoms with van der Waals surface area (Å²) in [6.45, 7) is 6.07. The third-order valence-corrected chi connectivity index (χ3v) is 4.95. The number of nitrogens with one attached hydrogen (secondary N) is 2. The van der Waals surface area contributed by atoms with E-state index in [1.165, 1.54) is 6.07 Å². The third kappa shape index (κ3) is 5.79. The lowest BCUT2D eigenvalue weighted by Gasteiger charge is -2.25. The fraction of sp³-hybridized carbons (Fsp3) is 0.526. The molecule has 0 bridgehead atoms. The van der Waals surface area contributed by atoms with Gasteiger partial charge in [0.15, 0.2) is 11.8 Å². The van der Waals surface area contributed by atoms with Crippen molar-refractivity contribution in [2.24, 2.45) is 4.99 Å². The molecule has 1 aliphatic rings. The summed E-state index contributed by atoms with van der Waals surface area (Å²) in [4.78, 5) is 9.14. The Labute approximate surface area is 187 Å². The van der Waals surface area contributed by atoms with Gasteiger partial charge in [-0.2, -0.15) is 5.10 Å². The smallest absolute Gasteiger partial charge is 0.191 e. The first-order valence-corrected chi connectivity index (χ1v) is 9.88. The summed E-state index contributed by atoms with van der Waals surface area (Å²) in [5, 5.41) is 11.7. The van der Waals surface area contributed by atoms with E-state index in [4.69, 9.17) is 11.6 Å². The van der Waals surface area contributed by atoms with Crippen LogP contribution in [0.25, 0.3) is 0 Å². The maximum atomic E-state index is 13.9. The molecule has 0 fully saturated rings. The van der Waals surface area contributed by atoms with Gasteiger partial charge in [0.25, 0.3) is 0 Å². The molecule has 1 atom stereocenters. The summed E-state index contributed by atoms with van der Waals surface area (Å²) in [6, 6.07) is 4.98. The van der Waals surface area contributed by atoms with E-state index in [0.29, 0.717) is 23.6 Å². The predicted octanol–water partition coefficient (Wildman–Crippen LogP) is 3.36. The van der Waals surface area contributed by atoms with Crippen molar-refractivity contribution >= 4 is 41.5 Å². The second kappa shape index (κ2) is 10.9. The van der Waals surface area contributed by atoms with E-state index in [-0.39, 0.29) is 35.8 Å². The van der Waals surface area contributed by atoms with Crippen LogP contribution in [-0.2, 0) is 25.8 Å². The minimum Gasteiger partial charge on any atom is -0.357 e. The highest BCUT2D eigenvalue weighted by Crippen LogP contribution is 2.19. The van der Waals surface area contributed by atoms with E-state index in [0.717, 1.165) is 50.0 Å². The highest BCUT2D eigenvalue weighted by Gasteiger charge is 2.22. The monoisotopic (exact) mass is 520 g/mol. The molecule has 0 amide bonds. The van der Waals surface area contributed by atoms with Crippen molar-refractivity contribution in [3.05, 3.63) is 46.3 Å². The van der Waals surface area contributed by atoms with Crippen LogP contribution in [0.1, 0.15) is 37.5 Å². The average molecular weight is 521 g/mol. The Morgan fingerprint density at radius 3 is 2.93 bits per heavy atom. The minimum atomic E-state index is -0.284. The quantitative estimate of drug-likeness (QED) is 0.348. The molecule has 2 aromatic rings. The first-order chi connectivity index (χ1) is 13.1. The Morgan fingerprint density at radius 2 is 2.21 bits per heavy atom. The van der Waals surface area contributed by atoms with Crippen LogP contribution in [-0.4, -0.2) is 39.9 Å². The van der Waals surface area contributed by atoms with E-state index in [1.807, 2.05) is 11.6 Å². The topological polar surface area (TPSA) is 67.1 Å². The van der Waals surface area contributed by atoms with Gasteiger partial charge in [-0.25, -0.2) is 14.1 Å². The van der Waals surface area contributed by atoms with Crippen LogP contribution in [0.4, 0.5) is 4.39 Å². The van der Waals surface area contributed by atoms with Crippen molar-refractivity contribution in [2.45, 2.75) is 52.1 Å². The van der Waals surface area contributed by atoms with Crippen LogP contribution < -0.4 is 10.6 Å². The third-order valence-electron chi connectivity index (χ3n) is 4.60. The average Bonchev–Trinajstić information content (AvgIpc) is 3.07. The maximum absolute atomic E-state index is 13.9. The maximum Gasteiger partial charge on any atom is 0.191 e. The number of halogens is 3. The number of rotatable bonds is 6. The second-order valence-electron chi connectivity index (χ2n) is 6.57. The molecule has 0 aliphatic carbocycles. The van der Waals surface area contributed by atoms with Gasteiger partial charge in [-0.05, 0) is 31.9 Å².